The Morgan fingerprint density at radius 2 is 2.09 bits per heavy atom. The third-order valence-corrected chi connectivity index (χ3v) is 3.38. The van der Waals surface area contributed by atoms with E-state index in [0.29, 0.717) is 26.2 Å². The van der Waals surface area contributed by atoms with Crippen LogP contribution >= 0.6 is 0 Å². The molecule has 23 heavy (non-hydrogen) atoms. The maximum Gasteiger partial charge on any atom is 0.353 e. The van der Waals surface area contributed by atoms with Crippen LogP contribution in [0, 0.1) is 10.1 Å². The quantitative estimate of drug-likeness (QED) is 0.439. The number of aromatic nitrogens is 2. The van der Waals surface area contributed by atoms with Crippen molar-refractivity contribution in [3.05, 3.63) is 10.1 Å². The first-order valence-corrected chi connectivity index (χ1v) is 7.37. The van der Waals surface area contributed by atoms with Gasteiger partial charge in [0.1, 0.15) is 0 Å². The molecular weight excluding hydrogens is 304 g/mol. The molecule has 2 atom stereocenters. The summed E-state index contributed by atoms with van der Waals surface area (Å²) >= 11 is 0. The van der Waals surface area contributed by atoms with Gasteiger partial charge in [-0.05, 0) is 13.8 Å². The monoisotopic (exact) mass is 326 g/mol. The van der Waals surface area contributed by atoms with Crippen LogP contribution in [0.2, 0.25) is 0 Å². The lowest BCUT2D eigenvalue weighted by molar-refractivity contribution is -0.383. The van der Waals surface area contributed by atoms with Gasteiger partial charge in [-0.2, -0.15) is 9.97 Å². The standard InChI is InChI=1S/C13H22N6O4/c1-8-6-18(7-9(2)23-8)12-10(19(20)21)11(14)16-13(17-12)15-4-5-22-3/h8-9H,4-7H2,1-3H3,(H3,14,15,16,17). The molecule has 128 valence electrons. The Labute approximate surface area is 134 Å². The Kier molecular flexibility index (Phi) is 5.50. The number of morpholine rings is 1. The van der Waals surface area contributed by atoms with Crippen LogP contribution in [0.4, 0.5) is 23.3 Å². The molecule has 0 spiro atoms. The van der Waals surface area contributed by atoms with Gasteiger partial charge in [-0.15, -0.1) is 0 Å². The number of hydrogen-bond acceptors (Lipinski definition) is 9. The molecule has 0 aromatic carbocycles. The fourth-order valence-electron chi connectivity index (χ4n) is 2.55. The molecular formula is C13H22N6O4. The van der Waals surface area contributed by atoms with Crippen molar-refractivity contribution in [3.8, 4) is 0 Å². The van der Waals surface area contributed by atoms with E-state index < -0.39 is 4.92 Å². The molecule has 1 saturated heterocycles. The summed E-state index contributed by atoms with van der Waals surface area (Å²) in [5.41, 5.74) is 5.51. The van der Waals surface area contributed by atoms with Gasteiger partial charge >= 0.3 is 5.69 Å². The fourth-order valence-corrected chi connectivity index (χ4v) is 2.55. The highest BCUT2D eigenvalue weighted by molar-refractivity contribution is 5.71. The van der Waals surface area contributed by atoms with Crippen molar-refractivity contribution in [2.75, 3.05) is 49.3 Å². The van der Waals surface area contributed by atoms with Gasteiger partial charge in [0.05, 0.1) is 23.7 Å². The summed E-state index contributed by atoms with van der Waals surface area (Å²) in [5.74, 6) is 0.295. The second-order valence-electron chi connectivity index (χ2n) is 5.44. The minimum Gasteiger partial charge on any atom is -0.383 e. The molecule has 10 nitrogen and oxygen atoms in total. The molecule has 1 aromatic rings. The maximum atomic E-state index is 11.4. The van der Waals surface area contributed by atoms with E-state index >= 15 is 0 Å². The molecule has 0 amide bonds. The first-order valence-electron chi connectivity index (χ1n) is 7.37. The number of nitrogens with two attached hydrogens (primary N) is 1. The Balaban J connectivity index is 2.35. The molecule has 0 aliphatic carbocycles. The van der Waals surface area contributed by atoms with E-state index in [4.69, 9.17) is 15.2 Å². The third kappa shape index (κ3) is 4.17. The van der Waals surface area contributed by atoms with Crippen molar-refractivity contribution in [2.45, 2.75) is 26.1 Å². The highest BCUT2D eigenvalue weighted by atomic mass is 16.6. The number of hydrogen-bond donors (Lipinski definition) is 2. The summed E-state index contributed by atoms with van der Waals surface area (Å²) in [6, 6.07) is 0. The van der Waals surface area contributed by atoms with Gasteiger partial charge < -0.3 is 25.4 Å². The lowest BCUT2D eigenvalue weighted by atomic mass is 10.2. The smallest absolute Gasteiger partial charge is 0.353 e. The van der Waals surface area contributed by atoms with E-state index in [-0.39, 0.29) is 35.5 Å². The number of methoxy groups -OCH3 is 1. The summed E-state index contributed by atoms with van der Waals surface area (Å²) in [6.45, 7) is 5.76. The molecule has 2 rings (SSSR count). The second kappa shape index (κ2) is 7.38. The third-order valence-electron chi connectivity index (χ3n) is 3.38. The van der Waals surface area contributed by atoms with Crippen LogP contribution in [-0.2, 0) is 9.47 Å². The molecule has 2 heterocycles. The zero-order valence-corrected chi connectivity index (χ0v) is 13.5. The summed E-state index contributed by atoms with van der Waals surface area (Å²) in [4.78, 5) is 20.9. The first kappa shape index (κ1) is 17.2. The van der Waals surface area contributed by atoms with Gasteiger partial charge in [0.15, 0.2) is 0 Å². The second-order valence-corrected chi connectivity index (χ2v) is 5.44. The predicted octanol–water partition coefficient (Wildman–Crippen LogP) is 0.639. The van der Waals surface area contributed by atoms with Gasteiger partial charge in [0, 0.05) is 26.7 Å². The van der Waals surface area contributed by atoms with Crippen molar-refractivity contribution < 1.29 is 14.4 Å². The highest BCUT2D eigenvalue weighted by Gasteiger charge is 2.31. The highest BCUT2D eigenvalue weighted by Crippen LogP contribution is 2.33. The largest absolute Gasteiger partial charge is 0.383 e. The van der Waals surface area contributed by atoms with E-state index in [1.165, 1.54) is 0 Å². The SMILES string of the molecule is COCCNc1nc(N)c([N+](=O)[O-])c(N2CC(C)OC(C)C2)n1. The molecule has 0 bridgehead atoms. The zero-order valence-electron chi connectivity index (χ0n) is 13.5. The molecule has 1 fully saturated rings. The van der Waals surface area contributed by atoms with Crippen LogP contribution < -0.4 is 16.0 Å². The number of nitro groups is 1. The van der Waals surface area contributed by atoms with Gasteiger partial charge in [0.25, 0.3) is 0 Å². The van der Waals surface area contributed by atoms with Crippen LogP contribution in [-0.4, -0.2) is 60.5 Å². The molecule has 1 aromatic heterocycles. The average molecular weight is 326 g/mol. The van der Waals surface area contributed by atoms with E-state index in [0.717, 1.165) is 0 Å². The van der Waals surface area contributed by atoms with Gasteiger partial charge in [-0.1, -0.05) is 0 Å². The van der Waals surface area contributed by atoms with Crippen LogP contribution in [0.5, 0.6) is 0 Å². The lowest BCUT2D eigenvalue weighted by Gasteiger charge is -2.35. The van der Waals surface area contributed by atoms with Crippen molar-refractivity contribution in [1.82, 2.24) is 9.97 Å². The van der Waals surface area contributed by atoms with Gasteiger partial charge in [0.2, 0.25) is 17.6 Å². The summed E-state index contributed by atoms with van der Waals surface area (Å²) in [7, 11) is 1.58. The van der Waals surface area contributed by atoms with Crippen molar-refractivity contribution in [3.63, 3.8) is 0 Å². The fraction of sp³-hybridized carbons (Fsp3) is 0.692. The van der Waals surface area contributed by atoms with Crippen molar-refractivity contribution in [1.29, 1.82) is 0 Å². The molecule has 3 N–H and O–H groups in total. The molecule has 2 unspecified atom stereocenters. The molecule has 0 saturated carbocycles. The Bertz CT molecular complexity index is 560. The number of nitrogens with zero attached hydrogens (tertiary/aromatic N) is 4. The van der Waals surface area contributed by atoms with Crippen molar-refractivity contribution in [2.24, 2.45) is 0 Å². The molecule has 0 radical (unpaired) electrons. The van der Waals surface area contributed by atoms with E-state index in [9.17, 15) is 10.1 Å². The molecule has 1 aliphatic heterocycles. The number of rotatable bonds is 6. The number of anilines is 3. The normalized spacial score (nSPS) is 21.3. The topological polar surface area (TPSA) is 129 Å². The van der Waals surface area contributed by atoms with Crippen molar-refractivity contribution >= 4 is 23.3 Å². The number of nitrogen functional groups attached to an aromatic ring is 1. The summed E-state index contributed by atoms with van der Waals surface area (Å²) in [6.07, 6.45) is -0.112. The van der Waals surface area contributed by atoms with E-state index in [1.54, 1.807) is 7.11 Å². The van der Waals surface area contributed by atoms with Gasteiger partial charge in [-0.3, -0.25) is 10.1 Å². The number of ether oxygens (including phenoxy) is 2. The first-order chi connectivity index (χ1) is 10.9. The Morgan fingerprint density at radius 1 is 1.43 bits per heavy atom. The van der Waals surface area contributed by atoms with Gasteiger partial charge in [-0.25, -0.2) is 0 Å². The van der Waals surface area contributed by atoms with Crippen LogP contribution in [0.1, 0.15) is 13.8 Å². The molecule has 1 aliphatic rings. The number of nitrogens with one attached hydrogen (secondary N) is 1. The zero-order chi connectivity index (χ0) is 17.0. The summed E-state index contributed by atoms with van der Waals surface area (Å²) in [5, 5.41) is 14.3. The average Bonchev–Trinajstić information content (AvgIpc) is 2.45. The Hall–Kier alpha value is -2.20. The Morgan fingerprint density at radius 3 is 2.65 bits per heavy atom. The van der Waals surface area contributed by atoms with E-state index in [2.05, 4.69) is 15.3 Å². The van der Waals surface area contributed by atoms with E-state index in [1.807, 2.05) is 18.7 Å². The summed E-state index contributed by atoms with van der Waals surface area (Å²) < 4.78 is 10.6. The molecule has 10 heteroatoms. The van der Waals surface area contributed by atoms with Crippen LogP contribution in [0.25, 0.3) is 0 Å². The predicted molar refractivity (Wildman–Crippen MR) is 85.7 cm³/mol. The van der Waals surface area contributed by atoms with Crippen LogP contribution in [0.3, 0.4) is 0 Å². The maximum absolute atomic E-state index is 11.4. The minimum absolute atomic E-state index is 0.0561. The minimum atomic E-state index is -0.547. The lowest BCUT2D eigenvalue weighted by Crippen LogP contribution is -2.46. The van der Waals surface area contributed by atoms with Crippen LogP contribution in [0.15, 0.2) is 0 Å².